The second-order valence-corrected chi connectivity index (χ2v) is 6.01. The van der Waals surface area contributed by atoms with E-state index in [1.54, 1.807) is 17.0 Å². The van der Waals surface area contributed by atoms with Gasteiger partial charge in [0.2, 0.25) is 0 Å². The first kappa shape index (κ1) is 18.8. The number of hydrogen-bond acceptors (Lipinski definition) is 1. The number of urea groups is 1. The Labute approximate surface area is 149 Å². The average Bonchev–Trinajstić information content (AvgIpc) is 3.01. The van der Waals surface area contributed by atoms with Crippen LogP contribution in [0.15, 0.2) is 55.3 Å². The molecular weight excluding hydrogens is 317 g/mol. The summed E-state index contributed by atoms with van der Waals surface area (Å²) in [7, 11) is 0. The van der Waals surface area contributed by atoms with Gasteiger partial charge in [0.15, 0.2) is 0 Å². The van der Waals surface area contributed by atoms with Crippen molar-refractivity contribution in [2.45, 2.75) is 32.9 Å². The summed E-state index contributed by atoms with van der Waals surface area (Å²) in [6.45, 7) is 8.03. The van der Waals surface area contributed by atoms with E-state index >= 15 is 0 Å². The summed E-state index contributed by atoms with van der Waals surface area (Å²) in [5.74, 6) is -0.241. The Balaban J connectivity index is 2.05. The molecule has 5 heteroatoms. The highest BCUT2D eigenvalue weighted by molar-refractivity contribution is 5.74. The van der Waals surface area contributed by atoms with Crippen LogP contribution < -0.4 is 5.32 Å². The summed E-state index contributed by atoms with van der Waals surface area (Å²) in [6.07, 6.45) is 5.67. The topological polar surface area (TPSA) is 37.3 Å². The zero-order chi connectivity index (χ0) is 18.1. The van der Waals surface area contributed by atoms with Gasteiger partial charge in [-0.25, -0.2) is 9.18 Å². The van der Waals surface area contributed by atoms with Crippen molar-refractivity contribution in [3.05, 3.63) is 72.3 Å². The predicted octanol–water partition coefficient (Wildman–Crippen LogP) is 4.17. The molecule has 0 aliphatic heterocycles. The van der Waals surface area contributed by atoms with Crippen LogP contribution in [0, 0.1) is 5.82 Å². The maximum atomic E-state index is 13.4. The fourth-order valence-electron chi connectivity index (χ4n) is 2.63. The molecule has 2 amide bonds. The van der Waals surface area contributed by atoms with Crippen molar-refractivity contribution >= 4 is 6.03 Å². The number of aromatic nitrogens is 1. The third-order valence-corrected chi connectivity index (χ3v) is 3.96. The highest BCUT2D eigenvalue weighted by Gasteiger charge is 2.14. The SMILES string of the molecule is C=CCN(Cc1cccn1Cc1cccc(F)c1)C(=O)NCCCC. The van der Waals surface area contributed by atoms with Gasteiger partial charge < -0.3 is 14.8 Å². The molecule has 0 atom stereocenters. The van der Waals surface area contributed by atoms with Crippen molar-refractivity contribution in [1.29, 1.82) is 0 Å². The van der Waals surface area contributed by atoms with Crippen molar-refractivity contribution in [2.24, 2.45) is 0 Å². The summed E-state index contributed by atoms with van der Waals surface area (Å²) in [6, 6.07) is 10.4. The van der Waals surface area contributed by atoms with Crippen LogP contribution in [-0.2, 0) is 13.1 Å². The maximum absolute atomic E-state index is 13.4. The number of hydrogen-bond donors (Lipinski definition) is 1. The van der Waals surface area contributed by atoms with Crippen molar-refractivity contribution in [3.63, 3.8) is 0 Å². The predicted molar refractivity (Wildman–Crippen MR) is 98.8 cm³/mol. The highest BCUT2D eigenvalue weighted by atomic mass is 19.1. The number of carbonyl (C=O) groups excluding carboxylic acids is 1. The maximum Gasteiger partial charge on any atom is 0.318 e. The van der Waals surface area contributed by atoms with E-state index in [4.69, 9.17) is 0 Å². The molecule has 0 radical (unpaired) electrons. The zero-order valence-electron chi connectivity index (χ0n) is 14.7. The first-order valence-electron chi connectivity index (χ1n) is 8.66. The second-order valence-electron chi connectivity index (χ2n) is 6.01. The second kappa shape index (κ2) is 9.67. The third kappa shape index (κ3) is 5.78. The molecule has 0 fully saturated rings. The van der Waals surface area contributed by atoms with E-state index in [0.29, 0.717) is 26.2 Å². The third-order valence-electron chi connectivity index (χ3n) is 3.96. The molecule has 0 bridgehead atoms. The van der Waals surface area contributed by atoms with Gasteiger partial charge >= 0.3 is 6.03 Å². The van der Waals surface area contributed by atoms with Crippen LogP contribution in [0.4, 0.5) is 9.18 Å². The Morgan fingerprint density at radius 1 is 1.36 bits per heavy atom. The molecule has 1 heterocycles. The van der Waals surface area contributed by atoms with Gasteiger partial charge in [-0.05, 0) is 36.2 Å². The normalized spacial score (nSPS) is 10.5. The number of benzene rings is 1. The molecule has 1 aromatic heterocycles. The first-order valence-corrected chi connectivity index (χ1v) is 8.66. The molecule has 0 unspecified atom stereocenters. The summed E-state index contributed by atoms with van der Waals surface area (Å²) in [5, 5.41) is 2.94. The number of amides is 2. The molecule has 0 saturated heterocycles. The van der Waals surface area contributed by atoms with E-state index < -0.39 is 0 Å². The molecule has 134 valence electrons. The van der Waals surface area contributed by atoms with Gasteiger partial charge in [0.05, 0.1) is 6.54 Å². The van der Waals surface area contributed by atoms with E-state index in [2.05, 4.69) is 18.8 Å². The molecule has 2 aromatic rings. The number of carbonyl (C=O) groups is 1. The lowest BCUT2D eigenvalue weighted by Gasteiger charge is -2.22. The summed E-state index contributed by atoms with van der Waals surface area (Å²) >= 11 is 0. The molecule has 1 N–H and O–H groups in total. The minimum atomic E-state index is -0.241. The number of nitrogens with one attached hydrogen (secondary N) is 1. The van der Waals surface area contributed by atoms with Crippen LogP contribution >= 0.6 is 0 Å². The molecule has 0 spiro atoms. The zero-order valence-corrected chi connectivity index (χ0v) is 14.7. The van der Waals surface area contributed by atoms with Crippen LogP contribution in [0.1, 0.15) is 31.0 Å². The average molecular weight is 343 g/mol. The van der Waals surface area contributed by atoms with Crippen LogP contribution in [0.5, 0.6) is 0 Å². The van der Waals surface area contributed by atoms with Crippen LogP contribution in [-0.4, -0.2) is 28.6 Å². The molecule has 0 aliphatic rings. The number of unbranched alkanes of at least 4 members (excludes halogenated alkanes) is 1. The summed E-state index contributed by atoms with van der Waals surface area (Å²) < 4.78 is 15.4. The lowest BCUT2D eigenvalue weighted by molar-refractivity contribution is 0.199. The van der Waals surface area contributed by atoms with Gasteiger partial charge in [-0.1, -0.05) is 31.6 Å². The largest absolute Gasteiger partial charge is 0.345 e. The standard InChI is InChI=1S/C20H26FN3O/c1-3-5-11-22-20(25)24(12-4-2)16-19-10-7-13-23(19)15-17-8-6-9-18(21)14-17/h4,6-10,13-14H,2-3,5,11-12,15-16H2,1H3,(H,22,25). The Kier molecular flexibility index (Phi) is 7.26. The fourth-order valence-corrected chi connectivity index (χ4v) is 2.63. The van der Waals surface area contributed by atoms with E-state index in [-0.39, 0.29) is 11.8 Å². The fraction of sp³-hybridized carbons (Fsp3) is 0.350. The molecule has 0 saturated carbocycles. The molecule has 1 aromatic carbocycles. The summed E-state index contributed by atoms with van der Waals surface area (Å²) in [5.41, 5.74) is 1.89. The van der Waals surface area contributed by atoms with Crippen LogP contribution in [0.2, 0.25) is 0 Å². The molecular formula is C20H26FN3O. The molecule has 4 nitrogen and oxygen atoms in total. The lowest BCUT2D eigenvalue weighted by Crippen LogP contribution is -2.40. The van der Waals surface area contributed by atoms with E-state index in [9.17, 15) is 9.18 Å². The van der Waals surface area contributed by atoms with Gasteiger partial charge in [0.1, 0.15) is 5.82 Å². The van der Waals surface area contributed by atoms with Crippen molar-refractivity contribution in [3.8, 4) is 0 Å². The van der Waals surface area contributed by atoms with Crippen LogP contribution in [0.25, 0.3) is 0 Å². The smallest absolute Gasteiger partial charge is 0.318 e. The molecule has 2 rings (SSSR count). The monoisotopic (exact) mass is 343 g/mol. The number of halogens is 1. The van der Waals surface area contributed by atoms with Gasteiger partial charge in [-0.2, -0.15) is 0 Å². The number of rotatable bonds is 9. The molecule has 25 heavy (non-hydrogen) atoms. The van der Waals surface area contributed by atoms with Crippen molar-refractivity contribution in [2.75, 3.05) is 13.1 Å². The Hall–Kier alpha value is -2.56. The van der Waals surface area contributed by atoms with Crippen molar-refractivity contribution in [1.82, 2.24) is 14.8 Å². The molecule has 0 aliphatic carbocycles. The van der Waals surface area contributed by atoms with Gasteiger partial charge in [-0.15, -0.1) is 6.58 Å². The lowest BCUT2D eigenvalue weighted by atomic mass is 10.2. The summed E-state index contributed by atoms with van der Waals surface area (Å²) in [4.78, 5) is 14.1. The minimum Gasteiger partial charge on any atom is -0.345 e. The quantitative estimate of drug-likeness (QED) is 0.538. The Morgan fingerprint density at radius 2 is 2.20 bits per heavy atom. The van der Waals surface area contributed by atoms with Gasteiger partial charge in [0.25, 0.3) is 0 Å². The van der Waals surface area contributed by atoms with Crippen molar-refractivity contribution < 1.29 is 9.18 Å². The number of nitrogens with zero attached hydrogens (tertiary/aromatic N) is 2. The first-order chi connectivity index (χ1) is 12.1. The minimum absolute atomic E-state index is 0.0909. The van der Waals surface area contributed by atoms with Gasteiger partial charge in [-0.3, -0.25) is 0 Å². The van der Waals surface area contributed by atoms with E-state index in [1.807, 2.05) is 29.0 Å². The Bertz CT molecular complexity index is 696. The van der Waals surface area contributed by atoms with E-state index in [0.717, 1.165) is 24.1 Å². The van der Waals surface area contributed by atoms with E-state index in [1.165, 1.54) is 12.1 Å². The van der Waals surface area contributed by atoms with Gasteiger partial charge in [0, 0.05) is 31.5 Å². The highest BCUT2D eigenvalue weighted by Crippen LogP contribution is 2.12. The Morgan fingerprint density at radius 3 is 2.92 bits per heavy atom. The van der Waals surface area contributed by atoms with Crippen LogP contribution in [0.3, 0.4) is 0 Å².